The molecule has 4 nitrogen and oxygen atoms in total. The average molecular weight is 271 g/mol. The van der Waals surface area contributed by atoms with E-state index in [2.05, 4.69) is 18.8 Å². The van der Waals surface area contributed by atoms with E-state index >= 15 is 0 Å². The summed E-state index contributed by atoms with van der Waals surface area (Å²) in [6.45, 7) is 14.8. The molecule has 1 unspecified atom stereocenters. The van der Waals surface area contributed by atoms with Crippen LogP contribution < -0.4 is 5.32 Å². The molecule has 19 heavy (non-hydrogen) atoms. The summed E-state index contributed by atoms with van der Waals surface area (Å²) in [5.41, 5.74) is 0.173. The van der Waals surface area contributed by atoms with Crippen LogP contribution in [-0.2, 0) is 14.3 Å². The first-order valence-electron chi connectivity index (χ1n) is 6.97. The van der Waals surface area contributed by atoms with E-state index in [9.17, 15) is 4.79 Å². The molecule has 112 valence electrons. The van der Waals surface area contributed by atoms with Crippen LogP contribution in [0.2, 0.25) is 0 Å². The zero-order valence-electron chi connectivity index (χ0n) is 13.0. The van der Waals surface area contributed by atoms with Crippen LogP contribution in [0, 0.1) is 0 Å². The minimum absolute atomic E-state index is 0.0883. The normalized spacial score (nSPS) is 13.1. The molecule has 0 fully saturated rings. The molecule has 0 aliphatic carbocycles. The van der Waals surface area contributed by atoms with Crippen molar-refractivity contribution in [3.05, 3.63) is 12.2 Å². The molecule has 1 N–H and O–H groups in total. The Morgan fingerprint density at radius 3 is 2.58 bits per heavy atom. The number of hydrogen-bond donors (Lipinski definition) is 1. The first kappa shape index (κ1) is 18.1. The van der Waals surface area contributed by atoms with Gasteiger partial charge in [0.15, 0.2) is 0 Å². The van der Waals surface area contributed by atoms with E-state index in [1.807, 2.05) is 13.8 Å². The quantitative estimate of drug-likeness (QED) is 0.491. The van der Waals surface area contributed by atoms with Crippen LogP contribution in [-0.4, -0.2) is 37.4 Å². The molecule has 0 aromatic heterocycles. The highest BCUT2D eigenvalue weighted by molar-refractivity contribution is 5.84. The summed E-state index contributed by atoms with van der Waals surface area (Å²) in [5, 5.41) is 2.83. The first-order chi connectivity index (χ1) is 8.79. The summed E-state index contributed by atoms with van der Waals surface area (Å²) in [6, 6.07) is 0. The van der Waals surface area contributed by atoms with E-state index in [4.69, 9.17) is 9.47 Å². The van der Waals surface area contributed by atoms with Crippen LogP contribution in [0.25, 0.3) is 0 Å². The van der Waals surface area contributed by atoms with Crippen molar-refractivity contribution in [1.82, 2.24) is 5.32 Å². The van der Waals surface area contributed by atoms with Gasteiger partial charge in [0.05, 0.1) is 19.3 Å². The lowest BCUT2D eigenvalue weighted by molar-refractivity contribution is -0.149. The SMILES string of the molecule is C=C(C)COCCNC(=O)C(C)(C)OC(C)CCC. The minimum atomic E-state index is -0.803. The molecule has 4 heteroatoms. The molecule has 0 rings (SSSR count). The van der Waals surface area contributed by atoms with Crippen molar-refractivity contribution in [3.63, 3.8) is 0 Å². The van der Waals surface area contributed by atoms with Gasteiger partial charge >= 0.3 is 0 Å². The Labute approximate surface area is 117 Å². The van der Waals surface area contributed by atoms with Crippen LogP contribution in [0.1, 0.15) is 47.5 Å². The number of ether oxygens (including phenoxy) is 2. The highest BCUT2D eigenvalue weighted by Gasteiger charge is 2.29. The molecule has 0 aromatic rings. The minimum Gasteiger partial charge on any atom is -0.375 e. The highest BCUT2D eigenvalue weighted by Crippen LogP contribution is 2.15. The van der Waals surface area contributed by atoms with Gasteiger partial charge in [0.2, 0.25) is 0 Å². The molecule has 0 aliphatic heterocycles. The predicted octanol–water partition coefficient (Wildman–Crippen LogP) is 2.68. The maximum Gasteiger partial charge on any atom is 0.251 e. The van der Waals surface area contributed by atoms with E-state index in [1.54, 1.807) is 13.8 Å². The van der Waals surface area contributed by atoms with Crippen LogP contribution in [0.4, 0.5) is 0 Å². The smallest absolute Gasteiger partial charge is 0.251 e. The third kappa shape index (κ3) is 8.78. The van der Waals surface area contributed by atoms with E-state index in [0.717, 1.165) is 18.4 Å². The summed E-state index contributed by atoms with van der Waals surface area (Å²) >= 11 is 0. The Bertz CT molecular complexity index is 287. The summed E-state index contributed by atoms with van der Waals surface area (Å²) in [6.07, 6.45) is 2.09. The van der Waals surface area contributed by atoms with Gasteiger partial charge in [-0.2, -0.15) is 0 Å². The van der Waals surface area contributed by atoms with Gasteiger partial charge in [-0.3, -0.25) is 4.79 Å². The average Bonchev–Trinajstić information content (AvgIpc) is 2.27. The van der Waals surface area contributed by atoms with Gasteiger partial charge < -0.3 is 14.8 Å². The van der Waals surface area contributed by atoms with Crippen LogP contribution in [0.5, 0.6) is 0 Å². The number of hydrogen-bond acceptors (Lipinski definition) is 3. The molecule has 0 spiro atoms. The fourth-order valence-corrected chi connectivity index (χ4v) is 1.72. The first-order valence-corrected chi connectivity index (χ1v) is 6.97. The van der Waals surface area contributed by atoms with Gasteiger partial charge in [0.25, 0.3) is 5.91 Å². The molecule has 0 saturated heterocycles. The van der Waals surface area contributed by atoms with Crippen LogP contribution in [0.3, 0.4) is 0 Å². The van der Waals surface area contributed by atoms with Gasteiger partial charge in [-0.25, -0.2) is 0 Å². The summed E-state index contributed by atoms with van der Waals surface area (Å²) in [4.78, 5) is 12.0. The third-order valence-electron chi connectivity index (χ3n) is 2.62. The fraction of sp³-hybridized carbons (Fsp3) is 0.800. The van der Waals surface area contributed by atoms with Gasteiger partial charge in [-0.15, -0.1) is 0 Å². The molecule has 0 aromatic carbocycles. The second-order valence-electron chi connectivity index (χ2n) is 5.49. The Balaban J connectivity index is 3.93. The highest BCUT2D eigenvalue weighted by atomic mass is 16.5. The van der Waals surface area contributed by atoms with E-state index in [1.165, 1.54) is 0 Å². The third-order valence-corrected chi connectivity index (χ3v) is 2.62. The zero-order valence-corrected chi connectivity index (χ0v) is 13.0. The second kappa shape index (κ2) is 9.10. The Morgan fingerprint density at radius 1 is 1.42 bits per heavy atom. The predicted molar refractivity (Wildman–Crippen MR) is 78.2 cm³/mol. The molecule has 0 bridgehead atoms. The van der Waals surface area contributed by atoms with Gasteiger partial charge in [-0.05, 0) is 34.1 Å². The zero-order chi connectivity index (χ0) is 14.9. The van der Waals surface area contributed by atoms with Gasteiger partial charge in [0, 0.05) is 6.54 Å². The van der Waals surface area contributed by atoms with E-state index < -0.39 is 5.60 Å². The molecular weight excluding hydrogens is 242 g/mol. The van der Waals surface area contributed by atoms with Crippen molar-refractivity contribution in [2.24, 2.45) is 0 Å². The van der Waals surface area contributed by atoms with Crippen molar-refractivity contribution in [1.29, 1.82) is 0 Å². The van der Waals surface area contributed by atoms with Crippen molar-refractivity contribution in [2.45, 2.75) is 59.2 Å². The Hall–Kier alpha value is -0.870. The van der Waals surface area contributed by atoms with Crippen molar-refractivity contribution >= 4 is 5.91 Å². The van der Waals surface area contributed by atoms with Crippen molar-refractivity contribution in [2.75, 3.05) is 19.8 Å². The Kier molecular flexibility index (Phi) is 8.68. The number of nitrogens with one attached hydrogen (secondary N) is 1. The fourth-order valence-electron chi connectivity index (χ4n) is 1.72. The Morgan fingerprint density at radius 2 is 2.05 bits per heavy atom. The van der Waals surface area contributed by atoms with Crippen molar-refractivity contribution < 1.29 is 14.3 Å². The molecule has 1 amide bonds. The lowest BCUT2D eigenvalue weighted by Gasteiger charge is -2.28. The van der Waals surface area contributed by atoms with E-state index in [0.29, 0.717) is 19.8 Å². The number of carbonyl (C=O) groups is 1. The maximum absolute atomic E-state index is 12.0. The van der Waals surface area contributed by atoms with Crippen molar-refractivity contribution in [3.8, 4) is 0 Å². The maximum atomic E-state index is 12.0. The largest absolute Gasteiger partial charge is 0.375 e. The van der Waals surface area contributed by atoms with Gasteiger partial charge in [-0.1, -0.05) is 25.5 Å². The van der Waals surface area contributed by atoms with Crippen LogP contribution >= 0.6 is 0 Å². The topological polar surface area (TPSA) is 47.6 Å². The number of carbonyl (C=O) groups excluding carboxylic acids is 1. The van der Waals surface area contributed by atoms with E-state index in [-0.39, 0.29) is 12.0 Å². The molecule has 1 atom stereocenters. The van der Waals surface area contributed by atoms with Crippen LogP contribution in [0.15, 0.2) is 12.2 Å². The molecular formula is C15H29NO3. The molecule has 0 heterocycles. The summed E-state index contributed by atoms with van der Waals surface area (Å²) in [5.74, 6) is -0.102. The van der Waals surface area contributed by atoms with Gasteiger partial charge in [0.1, 0.15) is 5.60 Å². The molecule has 0 saturated carbocycles. The second-order valence-corrected chi connectivity index (χ2v) is 5.49. The standard InChI is InChI=1S/C15H29NO3/c1-7-8-13(4)19-15(5,6)14(17)16-9-10-18-11-12(2)3/h13H,2,7-11H2,1,3-6H3,(H,16,17). The lowest BCUT2D eigenvalue weighted by Crippen LogP contribution is -2.46. The number of amides is 1. The summed E-state index contributed by atoms with van der Waals surface area (Å²) in [7, 11) is 0. The summed E-state index contributed by atoms with van der Waals surface area (Å²) < 4.78 is 11.1. The lowest BCUT2D eigenvalue weighted by atomic mass is 10.1. The number of rotatable bonds is 10. The molecule has 0 radical (unpaired) electrons. The molecule has 0 aliphatic rings. The monoisotopic (exact) mass is 271 g/mol.